The van der Waals surface area contributed by atoms with Gasteiger partial charge in [-0.2, -0.15) is 0 Å². The van der Waals surface area contributed by atoms with Gasteiger partial charge in [-0.25, -0.2) is 0 Å². The van der Waals surface area contributed by atoms with Gasteiger partial charge in [0.1, 0.15) is 0 Å². The highest BCUT2D eigenvalue weighted by Crippen LogP contribution is 2.49. The van der Waals surface area contributed by atoms with Gasteiger partial charge in [-0.1, -0.05) is 25.7 Å². The number of carbonyl (C=O) groups excluding carboxylic acids is 1. The van der Waals surface area contributed by atoms with Crippen molar-refractivity contribution in [3.63, 3.8) is 0 Å². The fraction of sp³-hybridized carbons (Fsp3) is 0.933. The van der Waals surface area contributed by atoms with Crippen LogP contribution in [-0.4, -0.2) is 11.9 Å². The highest BCUT2D eigenvalue weighted by Gasteiger charge is 2.40. The first-order valence-corrected chi connectivity index (χ1v) is 7.60. The van der Waals surface area contributed by atoms with Crippen LogP contribution in [0.5, 0.6) is 0 Å². The van der Waals surface area contributed by atoms with E-state index in [1.807, 2.05) is 0 Å². The third kappa shape index (κ3) is 2.66. The minimum absolute atomic E-state index is 0.342. The van der Waals surface area contributed by atoms with Crippen LogP contribution in [-0.2, 0) is 4.79 Å². The van der Waals surface area contributed by atoms with E-state index in [4.69, 9.17) is 0 Å². The molecule has 0 radical (unpaired) electrons. The summed E-state index contributed by atoms with van der Waals surface area (Å²) in [7, 11) is 0. The highest BCUT2D eigenvalue weighted by molar-refractivity contribution is 5.76. The maximum Gasteiger partial charge on any atom is 0.220 e. The summed E-state index contributed by atoms with van der Waals surface area (Å²) in [4.78, 5) is 12.0. The van der Waals surface area contributed by atoms with Gasteiger partial charge in [0.2, 0.25) is 5.91 Å². The highest BCUT2D eigenvalue weighted by atomic mass is 16.1. The molecule has 3 fully saturated rings. The van der Waals surface area contributed by atoms with E-state index < -0.39 is 0 Å². The van der Waals surface area contributed by atoms with Crippen LogP contribution >= 0.6 is 0 Å². The molecule has 3 atom stereocenters. The predicted molar refractivity (Wildman–Crippen MR) is 68.6 cm³/mol. The van der Waals surface area contributed by atoms with Crippen molar-refractivity contribution in [2.75, 3.05) is 0 Å². The molecule has 1 N–H and O–H groups in total. The number of hydrogen-bond donors (Lipinski definition) is 1. The lowest BCUT2D eigenvalue weighted by Gasteiger charge is -2.25. The number of hydrogen-bond acceptors (Lipinski definition) is 1. The van der Waals surface area contributed by atoms with E-state index >= 15 is 0 Å². The molecular weight excluding hydrogens is 210 g/mol. The molecule has 0 aromatic heterocycles. The van der Waals surface area contributed by atoms with Gasteiger partial charge in [0.25, 0.3) is 0 Å². The molecule has 3 unspecified atom stereocenters. The first-order valence-electron chi connectivity index (χ1n) is 7.60. The maximum atomic E-state index is 12.0. The average molecular weight is 235 g/mol. The van der Waals surface area contributed by atoms with Crippen molar-refractivity contribution in [1.82, 2.24) is 5.32 Å². The Labute approximate surface area is 105 Å². The third-order valence-electron chi connectivity index (χ3n) is 5.30. The number of carbonyl (C=O) groups is 1. The molecule has 17 heavy (non-hydrogen) atoms. The normalized spacial score (nSPS) is 37.3. The molecule has 2 heteroatoms. The van der Waals surface area contributed by atoms with Crippen molar-refractivity contribution in [3.05, 3.63) is 0 Å². The molecule has 3 saturated carbocycles. The Kier molecular flexibility index (Phi) is 3.39. The lowest BCUT2D eigenvalue weighted by Crippen LogP contribution is -2.37. The zero-order chi connectivity index (χ0) is 11.7. The molecule has 0 aromatic rings. The molecule has 3 aliphatic rings. The van der Waals surface area contributed by atoms with Gasteiger partial charge in [0.15, 0.2) is 0 Å². The largest absolute Gasteiger partial charge is 0.353 e. The minimum atomic E-state index is 0.342. The van der Waals surface area contributed by atoms with Gasteiger partial charge in [0.05, 0.1) is 0 Å². The van der Waals surface area contributed by atoms with Gasteiger partial charge in [-0.3, -0.25) is 4.79 Å². The maximum absolute atomic E-state index is 12.0. The van der Waals surface area contributed by atoms with Gasteiger partial charge in [0, 0.05) is 12.5 Å². The van der Waals surface area contributed by atoms with Crippen molar-refractivity contribution in [1.29, 1.82) is 0 Å². The molecule has 0 spiro atoms. The van der Waals surface area contributed by atoms with Crippen molar-refractivity contribution in [2.24, 2.45) is 17.8 Å². The molecule has 0 saturated heterocycles. The van der Waals surface area contributed by atoms with Gasteiger partial charge in [-0.05, 0) is 49.9 Å². The van der Waals surface area contributed by atoms with Crippen molar-refractivity contribution < 1.29 is 4.79 Å². The van der Waals surface area contributed by atoms with Crippen LogP contribution in [0.25, 0.3) is 0 Å². The zero-order valence-electron chi connectivity index (χ0n) is 10.8. The number of fused-ring (bicyclic) bond motifs is 2. The second-order valence-electron chi connectivity index (χ2n) is 6.54. The Balaban J connectivity index is 1.44. The van der Waals surface area contributed by atoms with Gasteiger partial charge in [-0.15, -0.1) is 0 Å². The van der Waals surface area contributed by atoms with Crippen molar-refractivity contribution >= 4 is 5.91 Å². The smallest absolute Gasteiger partial charge is 0.220 e. The molecule has 3 aliphatic carbocycles. The Morgan fingerprint density at radius 2 is 1.82 bits per heavy atom. The van der Waals surface area contributed by atoms with Crippen LogP contribution < -0.4 is 5.32 Å². The summed E-state index contributed by atoms with van der Waals surface area (Å²) < 4.78 is 0. The Morgan fingerprint density at radius 1 is 1.00 bits per heavy atom. The fourth-order valence-corrected chi connectivity index (χ4v) is 4.40. The van der Waals surface area contributed by atoms with E-state index in [0.29, 0.717) is 11.9 Å². The number of nitrogens with one attached hydrogen (secondary N) is 1. The van der Waals surface area contributed by atoms with Crippen LogP contribution in [0.1, 0.15) is 64.2 Å². The summed E-state index contributed by atoms with van der Waals surface area (Å²) in [6, 6.07) is 0.495. The van der Waals surface area contributed by atoms with Crippen LogP contribution in [0, 0.1) is 17.8 Å². The van der Waals surface area contributed by atoms with Crippen LogP contribution in [0.15, 0.2) is 0 Å². The van der Waals surface area contributed by atoms with E-state index in [2.05, 4.69) is 5.32 Å². The molecule has 3 rings (SSSR count). The van der Waals surface area contributed by atoms with E-state index in [9.17, 15) is 4.79 Å². The van der Waals surface area contributed by atoms with Gasteiger partial charge >= 0.3 is 0 Å². The van der Waals surface area contributed by atoms with Crippen LogP contribution in [0.3, 0.4) is 0 Å². The summed E-state index contributed by atoms with van der Waals surface area (Å²) in [5, 5.41) is 3.27. The molecule has 2 nitrogen and oxygen atoms in total. The lowest BCUT2D eigenvalue weighted by atomic mass is 9.86. The van der Waals surface area contributed by atoms with E-state index in [0.717, 1.165) is 24.2 Å². The zero-order valence-corrected chi connectivity index (χ0v) is 10.8. The first-order chi connectivity index (χ1) is 8.31. The summed E-state index contributed by atoms with van der Waals surface area (Å²) in [5.41, 5.74) is 0. The second kappa shape index (κ2) is 4.99. The first kappa shape index (κ1) is 11.6. The van der Waals surface area contributed by atoms with E-state index in [1.165, 1.54) is 57.8 Å². The molecule has 2 bridgehead atoms. The average Bonchev–Trinajstić information content (AvgIpc) is 2.92. The number of rotatable bonds is 3. The van der Waals surface area contributed by atoms with Crippen LogP contribution in [0.2, 0.25) is 0 Å². The van der Waals surface area contributed by atoms with E-state index in [-0.39, 0.29) is 0 Å². The standard InChI is InChI=1S/C15H25NO/c17-15(16-14-4-2-1-3-5-14)10-13-9-11-6-7-12(13)8-11/h11-14H,1-10H2,(H,16,17). The van der Waals surface area contributed by atoms with Gasteiger partial charge < -0.3 is 5.32 Å². The Hall–Kier alpha value is -0.530. The molecular formula is C15H25NO. The molecule has 1 amide bonds. The number of amides is 1. The molecule has 0 heterocycles. The fourth-order valence-electron chi connectivity index (χ4n) is 4.40. The summed E-state index contributed by atoms with van der Waals surface area (Å²) in [6.45, 7) is 0. The minimum Gasteiger partial charge on any atom is -0.353 e. The van der Waals surface area contributed by atoms with Crippen LogP contribution in [0.4, 0.5) is 0 Å². The van der Waals surface area contributed by atoms with Crippen molar-refractivity contribution in [3.8, 4) is 0 Å². The SMILES string of the molecule is O=C(CC1CC2CCC1C2)NC1CCCCC1. The third-order valence-corrected chi connectivity index (χ3v) is 5.30. The Bertz CT molecular complexity index is 283. The molecule has 0 aliphatic heterocycles. The quantitative estimate of drug-likeness (QED) is 0.799. The van der Waals surface area contributed by atoms with Crippen molar-refractivity contribution in [2.45, 2.75) is 70.3 Å². The topological polar surface area (TPSA) is 29.1 Å². The predicted octanol–water partition coefficient (Wildman–Crippen LogP) is 3.26. The summed E-state index contributed by atoms with van der Waals surface area (Å²) in [5.74, 6) is 2.91. The molecule has 0 aromatic carbocycles. The summed E-state index contributed by atoms with van der Waals surface area (Å²) in [6.07, 6.45) is 12.8. The second-order valence-corrected chi connectivity index (χ2v) is 6.54. The Morgan fingerprint density at radius 3 is 2.47 bits per heavy atom. The monoisotopic (exact) mass is 235 g/mol. The lowest BCUT2D eigenvalue weighted by molar-refractivity contribution is -0.123. The van der Waals surface area contributed by atoms with E-state index in [1.54, 1.807) is 0 Å². The summed E-state index contributed by atoms with van der Waals surface area (Å²) >= 11 is 0. The molecule has 96 valence electrons.